The van der Waals surface area contributed by atoms with Gasteiger partial charge in [-0.1, -0.05) is 6.92 Å². The van der Waals surface area contributed by atoms with E-state index in [0.717, 1.165) is 12.8 Å². The number of carbonyl (C=O) groups excluding carboxylic acids is 4. The first-order valence-electron chi connectivity index (χ1n) is 12.1. The van der Waals surface area contributed by atoms with Crippen LogP contribution in [0.25, 0.3) is 0 Å². The lowest BCUT2D eigenvalue weighted by molar-refractivity contribution is -0.124. The van der Waals surface area contributed by atoms with E-state index in [9.17, 15) is 19.2 Å². The Morgan fingerprint density at radius 2 is 1.09 bits per heavy atom. The molecule has 0 spiro atoms. The number of ether oxygens (including phenoxy) is 4. The van der Waals surface area contributed by atoms with Crippen LogP contribution in [0.1, 0.15) is 71.6 Å². The molecule has 0 aromatic carbocycles. The van der Waals surface area contributed by atoms with Crippen molar-refractivity contribution in [2.75, 3.05) is 59.4 Å². The van der Waals surface area contributed by atoms with Gasteiger partial charge in [-0.25, -0.2) is 0 Å². The first kappa shape index (κ1) is 31.3. The summed E-state index contributed by atoms with van der Waals surface area (Å²) in [6.45, 7) is 7.45. The van der Waals surface area contributed by atoms with Crippen molar-refractivity contribution in [1.82, 2.24) is 5.32 Å². The fourth-order valence-electron chi connectivity index (χ4n) is 2.74. The highest BCUT2D eigenvalue weighted by molar-refractivity contribution is 5.83. The number of hydrogen-bond acceptors (Lipinski definition) is 8. The SMILES string of the molecule is CCCC(=O)CCCOCCOCCC(=O)CCCOCCOCCNC(=O)CCC(C)=O. The fraction of sp³-hybridized carbons (Fsp3) is 0.833. The van der Waals surface area contributed by atoms with E-state index in [-0.39, 0.29) is 36.1 Å². The molecule has 0 aromatic heterocycles. The van der Waals surface area contributed by atoms with Crippen molar-refractivity contribution in [2.24, 2.45) is 0 Å². The van der Waals surface area contributed by atoms with Crippen molar-refractivity contribution >= 4 is 23.3 Å². The third kappa shape index (κ3) is 24.8. The Labute approximate surface area is 198 Å². The van der Waals surface area contributed by atoms with Crippen LogP contribution in [0.5, 0.6) is 0 Å². The van der Waals surface area contributed by atoms with Gasteiger partial charge in [-0.3, -0.25) is 14.4 Å². The Balaban J connectivity index is 3.28. The lowest BCUT2D eigenvalue weighted by Crippen LogP contribution is -2.27. The molecule has 0 saturated heterocycles. The van der Waals surface area contributed by atoms with Crippen LogP contribution in [-0.4, -0.2) is 82.7 Å². The maximum absolute atomic E-state index is 11.8. The van der Waals surface area contributed by atoms with Crippen molar-refractivity contribution in [3.63, 3.8) is 0 Å². The van der Waals surface area contributed by atoms with Crippen molar-refractivity contribution < 1.29 is 38.1 Å². The number of ketones is 3. The minimum Gasteiger partial charge on any atom is -0.379 e. The molecular formula is C24H43NO8. The van der Waals surface area contributed by atoms with Crippen LogP contribution in [-0.2, 0) is 38.1 Å². The molecule has 0 unspecified atom stereocenters. The summed E-state index contributed by atoms with van der Waals surface area (Å²) in [5, 5.41) is 2.68. The van der Waals surface area contributed by atoms with E-state index < -0.39 is 0 Å². The standard InChI is InChI=1S/C24H43NO8/c1-3-6-22(27)7-4-13-30-17-19-32-15-11-23(28)8-5-14-31-18-20-33-16-12-25-24(29)10-9-21(2)26/h3-20H2,1-2H3,(H,25,29). The summed E-state index contributed by atoms with van der Waals surface area (Å²) in [5.74, 6) is 0.278. The van der Waals surface area contributed by atoms with E-state index in [4.69, 9.17) is 18.9 Å². The minimum absolute atomic E-state index is 0.000963. The monoisotopic (exact) mass is 473 g/mol. The summed E-state index contributed by atoms with van der Waals surface area (Å²) in [6, 6.07) is 0. The van der Waals surface area contributed by atoms with Crippen molar-refractivity contribution in [2.45, 2.75) is 71.6 Å². The van der Waals surface area contributed by atoms with E-state index in [1.54, 1.807) is 0 Å². The molecule has 0 aromatic rings. The van der Waals surface area contributed by atoms with Crippen LogP contribution < -0.4 is 5.32 Å². The van der Waals surface area contributed by atoms with E-state index in [0.29, 0.717) is 91.5 Å². The topological polar surface area (TPSA) is 117 Å². The van der Waals surface area contributed by atoms with E-state index in [1.165, 1.54) is 6.92 Å². The van der Waals surface area contributed by atoms with Gasteiger partial charge >= 0.3 is 0 Å². The number of nitrogens with one attached hydrogen (secondary N) is 1. The van der Waals surface area contributed by atoms with Gasteiger partial charge in [-0.2, -0.15) is 0 Å². The summed E-state index contributed by atoms with van der Waals surface area (Å²) in [6.07, 6.45) is 4.82. The van der Waals surface area contributed by atoms with Crippen LogP contribution in [0.15, 0.2) is 0 Å². The third-order valence-corrected chi connectivity index (χ3v) is 4.56. The summed E-state index contributed by atoms with van der Waals surface area (Å²) in [7, 11) is 0. The first-order chi connectivity index (χ1) is 16.0. The molecule has 0 rings (SSSR count). The predicted octanol–water partition coefficient (Wildman–Crippen LogP) is 2.43. The largest absolute Gasteiger partial charge is 0.379 e. The van der Waals surface area contributed by atoms with E-state index in [1.807, 2.05) is 6.92 Å². The van der Waals surface area contributed by atoms with Crippen LogP contribution in [0.4, 0.5) is 0 Å². The Hall–Kier alpha value is -1.68. The summed E-state index contributed by atoms with van der Waals surface area (Å²) < 4.78 is 21.6. The van der Waals surface area contributed by atoms with Crippen LogP contribution in [0.2, 0.25) is 0 Å². The van der Waals surface area contributed by atoms with Crippen molar-refractivity contribution in [3.05, 3.63) is 0 Å². The second-order valence-corrected chi connectivity index (χ2v) is 7.79. The van der Waals surface area contributed by atoms with Crippen molar-refractivity contribution in [1.29, 1.82) is 0 Å². The van der Waals surface area contributed by atoms with Gasteiger partial charge in [0.2, 0.25) is 5.91 Å². The second kappa shape index (κ2) is 23.5. The number of hydrogen-bond donors (Lipinski definition) is 1. The average molecular weight is 474 g/mol. The molecule has 33 heavy (non-hydrogen) atoms. The predicted molar refractivity (Wildman–Crippen MR) is 124 cm³/mol. The van der Waals surface area contributed by atoms with Gasteiger partial charge in [0.15, 0.2) is 0 Å². The summed E-state index contributed by atoms with van der Waals surface area (Å²) in [5.41, 5.74) is 0. The van der Waals surface area contributed by atoms with E-state index in [2.05, 4.69) is 5.32 Å². The fourth-order valence-corrected chi connectivity index (χ4v) is 2.74. The number of Topliss-reactive ketones (excluding diaryl/α,β-unsaturated/α-hetero) is 3. The minimum atomic E-state index is -0.152. The Kier molecular flexibility index (Phi) is 22.3. The van der Waals surface area contributed by atoms with Crippen molar-refractivity contribution in [3.8, 4) is 0 Å². The molecule has 0 aliphatic heterocycles. The molecule has 0 radical (unpaired) electrons. The smallest absolute Gasteiger partial charge is 0.220 e. The highest BCUT2D eigenvalue weighted by Crippen LogP contribution is 1.99. The lowest BCUT2D eigenvalue weighted by Gasteiger charge is -2.07. The zero-order chi connectivity index (χ0) is 24.6. The Morgan fingerprint density at radius 1 is 0.576 bits per heavy atom. The highest BCUT2D eigenvalue weighted by atomic mass is 16.5. The van der Waals surface area contributed by atoms with Crippen LogP contribution in [0, 0.1) is 0 Å². The maximum Gasteiger partial charge on any atom is 0.220 e. The lowest BCUT2D eigenvalue weighted by atomic mass is 10.1. The molecule has 9 nitrogen and oxygen atoms in total. The molecule has 1 N–H and O–H groups in total. The molecule has 0 heterocycles. The number of rotatable bonds is 25. The molecule has 0 aliphatic rings. The van der Waals surface area contributed by atoms with Crippen LogP contribution >= 0.6 is 0 Å². The first-order valence-corrected chi connectivity index (χ1v) is 12.1. The molecule has 192 valence electrons. The number of carbonyl (C=O) groups is 4. The van der Waals surface area contributed by atoms with Gasteiger partial charge < -0.3 is 29.1 Å². The molecule has 0 aliphatic carbocycles. The maximum atomic E-state index is 11.8. The van der Waals surface area contributed by atoms with Crippen LogP contribution in [0.3, 0.4) is 0 Å². The molecule has 1 amide bonds. The second-order valence-electron chi connectivity index (χ2n) is 7.79. The van der Waals surface area contributed by atoms with Gasteiger partial charge in [0.1, 0.15) is 17.3 Å². The average Bonchev–Trinajstić information content (AvgIpc) is 2.77. The van der Waals surface area contributed by atoms with Gasteiger partial charge in [0.25, 0.3) is 0 Å². The molecular weight excluding hydrogens is 430 g/mol. The quantitative estimate of drug-likeness (QED) is 0.201. The normalized spacial score (nSPS) is 10.8. The highest BCUT2D eigenvalue weighted by Gasteiger charge is 2.04. The van der Waals surface area contributed by atoms with E-state index >= 15 is 0 Å². The Bertz CT molecular complexity index is 539. The van der Waals surface area contributed by atoms with Gasteiger partial charge in [0, 0.05) is 58.3 Å². The summed E-state index contributed by atoms with van der Waals surface area (Å²) >= 11 is 0. The summed E-state index contributed by atoms with van der Waals surface area (Å²) in [4.78, 5) is 45.4. The molecule has 0 atom stereocenters. The third-order valence-electron chi connectivity index (χ3n) is 4.56. The molecule has 0 saturated carbocycles. The number of amides is 1. The van der Waals surface area contributed by atoms with Gasteiger partial charge in [0.05, 0.1) is 39.6 Å². The molecule has 9 heteroatoms. The molecule has 0 fully saturated rings. The molecule has 0 bridgehead atoms. The van der Waals surface area contributed by atoms with Gasteiger partial charge in [-0.05, 0) is 26.2 Å². The Morgan fingerprint density at radius 3 is 1.64 bits per heavy atom. The zero-order valence-electron chi connectivity index (χ0n) is 20.5. The van der Waals surface area contributed by atoms with Gasteiger partial charge in [-0.15, -0.1) is 0 Å². The zero-order valence-corrected chi connectivity index (χ0v) is 20.5.